The molecule has 2 atom stereocenters. The van der Waals surface area contributed by atoms with Gasteiger partial charge < -0.3 is 10.2 Å². The van der Waals surface area contributed by atoms with Crippen molar-refractivity contribution in [3.63, 3.8) is 0 Å². The van der Waals surface area contributed by atoms with Crippen LogP contribution in [0.1, 0.15) is 38.1 Å². The Morgan fingerprint density at radius 2 is 1.80 bits per heavy atom. The van der Waals surface area contributed by atoms with Gasteiger partial charge in [0.05, 0.1) is 0 Å². The van der Waals surface area contributed by atoms with E-state index in [0.717, 1.165) is 18.7 Å². The lowest BCUT2D eigenvalue weighted by molar-refractivity contribution is 0.0475. The molecule has 1 amide bonds. The third-order valence-corrected chi connectivity index (χ3v) is 4.24. The quantitative estimate of drug-likeness (QED) is 0.919. The van der Waals surface area contributed by atoms with E-state index in [2.05, 4.69) is 37.9 Å². The van der Waals surface area contributed by atoms with Gasteiger partial charge in [-0.25, -0.2) is 0 Å². The molecule has 1 saturated heterocycles. The maximum atomic E-state index is 12.8. The lowest BCUT2D eigenvalue weighted by atomic mass is 9.93. The molecule has 1 N–H and O–H groups in total. The Balaban J connectivity index is 2.21. The molecule has 0 radical (unpaired) electrons. The molecule has 1 heterocycles. The second-order valence-electron chi connectivity index (χ2n) is 6.39. The maximum absolute atomic E-state index is 12.8. The average molecular weight is 274 g/mol. The molecule has 0 saturated carbocycles. The van der Waals surface area contributed by atoms with Gasteiger partial charge in [-0.1, -0.05) is 45.9 Å². The Hall–Kier alpha value is -1.35. The van der Waals surface area contributed by atoms with Crippen LogP contribution in [0.25, 0.3) is 0 Å². The van der Waals surface area contributed by atoms with Crippen LogP contribution >= 0.6 is 0 Å². The molecule has 0 spiro atoms. The van der Waals surface area contributed by atoms with Gasteiger partial charge in [-0.3, -0.25) is 4.79 Å². The van der Waals surface area contributed by atoms with Gasteiger partial charge in [0.25, 0.3) is 5.91 Å². The van der Waals surface area contributed by atoms with E-state index in [1.54, 1.807) is 0 Å². The Kier molecular flexibility index (Phi) is 4.81. The van der Waals surface area contributed by atoms with Gasteiger partial charge in [-0.05, 0) is 24.0 Å². The monoisotopic (exact) mass is 274 g/mol. The van der Waals surface area contributed by atoms with Crippen LogP contribution in [0.3, 0.4) is 0 Å². The molecule has 1 aliphatic heterocycles. The SMILES string of the molecule is CC(C)C1CN(C(=O)c2ccccc2)C(C(C)C)CN1. The van der Waals surface area contributed by atoms with Gasteiger partial charge in [0.1, 0.15) is 0 Å². The van der Waals surface area contributed by atoms with E-state index >= 15 is 0 Å². The molecule has 3 nitrogen and oxygen atoms in total. The van der Waals surface area contributed by atoms with Gasteiger partial charge in [0, 0.05) is 30.7 Å². The van der Waals surface area contributed by atoms with Crippen molar-refractivity contribution in [2.45, 2.75) is 39.8 Å². The number of carbonyl (C=O) groups is 1. The van der Waals surface area contributed by atoms with Crippen molar-refractivity contribution in [1.82, 2.24) is 10.2 Å². The third-order valence-electron chi connectivity index (χ3n) is 4.24. The smallest absolute Gasteiger partial charge is 0.254 e. The van der Waals surface area contributed by atoms with E-state index in [1.165, 1.54) is 0 Å². The van der Waals surface area contributed by atoms with Crippen LogP contribution in [-0.2, 0) is 0 Å². The highest BCUT2D eigenvalue weighted by Crippen LogP contribution is 2.20. The number of nitrogens with one attached hydrogen (secondary N) is 1. The molecule has 20 heavy (non-hydrogen) atoms. The van der Waals surface area contributed by atoms with E-state index < -0.39 is 0 Å². The van der Waals surface area contributed by atoms with Crippen molar-refractivity contribution in [1.29, 1.82) is 0 Å². The molecule has 2 unspecified atom stereocenters. The first-order valence-corrected chi connectivity index (χ1v) is 7.60. The zero-order valence-corrected chi connectivity index (χ0v) is 13.0. The number of carbonyl (C=O) groups excluding carboxylic acids is 1. The molecule has 110 valence electrons. The maximum Gasteiger partial charge on any atom is 0.254 e. The molecule has 1 aromatic carbocycles. The lowest BCUT2D eigenvalue weighted by Gasteiger charge is -2.43. The van der Waals surface area contributed by atoms with Gasteiger partial charge in [-0.15, -0.1) is 0 Å². The summed E-state index contributed by atoms with van der Waals surface area (Å²) in [7, 11) is 0. The highest BCUT2D eigenvalue weighted by Gasteiger charge is 2.34. The third kappa shape index (κ3) is 3.21. The second kappa shape index (κ2) is 6.40. The molecule has 1 aliphatic rings. The summed E-state index contributed by atoms with van der Waals surface area (Å²) >= 11 is 0. The van der Waals surface area contributed by atoms with E-state index in [9.17, 15) is 4.79 Å². The Morgan fingerprint density at radius 3 is 2.35 bits per heavy atom. The standard InChI is InChI=1S/C17H26N2O/c1-12(2)15-11-19(16(10-18-15)13(3)4)17(20)14-8-6-5-7-9-14/h5-9,12-13,15-16,18H,10-11H2,1-4H3. The molecule has 3 heteroatoms. The fraction of sp³-hybridized carbons (Fsp3) is 0.588. The van der Waals surface area contributed by atoms with E-state index in [1.807, 2.05) is 30.3 Å². The van der Waals surface area contributed by atoms with Crippen LogP contribution in [-0.4, -0.2) is 36.0 Å². The van der Waals surface area contributed by atoms with Gasteiger partial charge >= 0.3 is 0 Å². The highest BCUT2D eigenvalue weighted by atomic mass is 16.2. The number of piperazine rings is 1. The number of benzene rings is 1. The minimum atomic E-state index is 0.163. The fourth-order valence-electron chi connectivity index (χ4n) is 2.82. The molecule has 0 aromatic heterocycles. The number of amides is 1. The van der Waals surface area contributed by atoms with Crippen molar-refractivity contribution in [3.8, 4) is 0 Å². The fourth-order valence-corrected chi connectivity index (χ4v) is 2.82. The van der Waals surface area contributed by atoms with Crippen molar-refractivity contribution >= 4 is 5.91 Å². The topological polar surface area (TPSA) is 32.3 Å². The first-order chi connectivity index (χ1) is 9.50. The molecular weight excluding hydrogens is 248 g/mol. The minimum Gasteiger partial charge on any atom is -0.333 e. The summed E-state index contributed by atoms with van der Waals surface area (Å²) in [5.41, 5.74) is 0.794. The zero-order valence-electron chi connectivity index (χ0n) is 13.0. The number of nitrogens with zero attached hydrogens (tertiary/aromatic N) is 1. The van der Waals surface area contributed by atoms with Crippen LogP contribution in [0.4, 0.5) is 0 Å². The predicted molar refractivity (Wildman–Crippen MR) is 82.7 cm³/mol. The number of rotatable bonds is 3. The predicted octanol–water partition coefficient (Wildman–Crippen LogP) is 2.78. The van der Waals surface area contributed by atoms with Crippen LogP contribution in [0.15, 0.2) is 30.3 Å². The Morgan fingerprint density at radius 1 is 1.15 bits per heavy atom. The molecule has 1 fully saturated rings. The Labute approximate surface area is 122 Å². The van der Waals surface area contributed by atoms with Crippen LogP contribution in [0.5, 0.6) is 0 Å². The minimum absolute atomic E-state index is 0.163. The summed E-state index contributed by atoms with van der Waals surface area (Å²) in [5, 5.41) is 3.59. The van der Waals surface area contributed by atoms with Crippen LogP contribution < -0.4 is 5.32 Å². The van der Waals surface area contributed by atoms with Crippen molar-refractivity contribution in [3.05, 3.63) is 35.9 Å². The van der Waals surface area contributed by atoms with E-state index in [0.29, 0.717) is 17.9 Å². The number of hydrogen-bond acceptors (Lipinski definition) is 2. The molecule has 0 bridgehead atoms. The summed E-state index contributed by atoms with van der Waals surface area (Å²) < 4.78 is 0. The first-order valence-electron chi connectivity index (χ1n) is 7.60. The molecular formula is C17H26N2O. The largest absolute Gasteiger partial charge is 0.333 e. The van der Waals surface area contributed by atoms with Gasteiger partial charge in [-0.2, -0.15) is 0 Å². The lowest BCUT2D eigenvalue weighted by Crippen LogP contribution is -2.61. The normalized spacial score (nSPS) is 23.4. The Bertz CT molecular complexity index is 442. The molecule has 0 aliphatic carbocycles. The zero-order chi connectivity index (χ0) is 14.7. The first kappa shape index (κ1) is 15.0. The summed E-state index contributed by atoms with van der Waals surface area (Å²) in [5.74, 6) is 1.16. The summed E-state index contributed by atoms with van der Waals surface area (Å²) in [6.07, 6.45) is 0. The van der Waals surface area contributed by atoms with E-state index in [4.69, 9.17) is 0 Å². The van der Waals surface area contributed by atoms with Crippen LogP contribution in [0.2, 0.25) is 0 Å². The van der Waals surface area contributed by atoms with Crippen molar-refractivity contribution in [2.75, 3.05) is 13.1 Å². The van der Waals surface area contributed by atoms with Gasteiger partial charge in [0.15, 0.2) is 0 Å². The number of hydrogen-bond donors (Lipinski definition) is 1. The molecule has 1 aromatic rings. The summed E-state index contributed by atoms with van der Waals surface area (Å²) in [6, 6.07) is 10.3. The second-order valence-corrected chi connectivity index (χ2v) is 6.39. The van der Waals surface area contributed by atoms with Crippen molar-refractivity contribution < 1.29 is 4.79 Å². The van der Waals surface area contributed by atoms with E-state index in [-0.39, 0.29) is 11.9 Å². The summed E-state index contributed by atoms with van der Waals surface area (Å²) in [4.78, 5) is 14.9. The van der Waals surface area contributed by atoms with Gasteiger partial charge in [0.2, 0.25) is 0 Å². The average Bonchev–Trinajstić information content (AvgIpc) is 2.46. The highest BCUT2D eigenvalue weighted by molar-refractivity contribution is 5.94. The molecule has 2 rings (SSSR count). The van der Waals surface area contributed by atoms with Crippen LogP contribution in [0, 0.1) is 11.8 Å². The van der Waals surface area contributed by atoms with Crippen molar-refractivity contribution in [2.24, 2.45) is 11.8 Å². The summed E-state index contributed by atoms with van der Waals surface area (Å²) in [6.45, 7) is 10.5.